The zero-order valence-corrected chi connectivity index (χ0v) is 10.9. The molecule has 1 aliphatic rings. The van der Waals surface area contributed by atoms with E-state index in [1.807, 2.05) is 30.3 Å². The van der Waals surface area contributed by atoms with Gasteiger partial charge in [-0.1, -0.05) is 30.3 Å². The summed E-state index contributed by atoms with van der Waals surface area (Å²) in [5.41, 5.74) is 1.13. The van der Waals surface area contributed by atoms with Crippen molar-refractivity contribution in [3.63, 3.8) is 0 Å². The van der Waals surface area contributed by atoms with Crippen LogP contribution in [-0.4, -0.2) is 35.0 Å². The molecule has 1 atom stereocenters. The Morgan fingerprint density at radius 3 is 2.63 bits per heavy atom. The SMILES string of the molecule is O=C1CC(CCCO)C(=O)N1CCc1ccccc1. The molecule has 1 aliphatic heterocycles. The summed E-state index contributed by atoms with van der Waals surface area (Å²) in [5, 5.41) is 8.79. The molecule has 19 heavy (non-hydrogen) atoms. The summed E-state index contributed by atoms with van der Waals surface area (Å²) < 4.78 is 0. The molecule has 1 aromatic rings. The van der Waals surface area contributed by atoms with Crippen molar-refractivity contribution >= 4 is 11.8 Å². The van der Waals surface area contributed by atoms with Crippen molar-refractivity contribution in [3.05, 3.63) is 35.9 Å². The number of hydrogen-bond acceptors (Lipinski definition) is 3. The first-order valence-corrected chi connectivity index (χ1v) is 6.71. The second kappa shape index (κ2) is 6.48. The van der Waals surface area contributed by atoms with Crippen LogP contribution in [0.2, 0.25) is 0 Å². The molecule has 1 fully saturated rings. The van der Waals surface area contributed by atoms with Gasteiger partial charge in [0.15, 0.2) is 0 Å². The van der Waals surface area contributed by atoms with Gasteiger partial charge in [0.05, 0.1) is 0 Å². The van der Waals surface area contributed by atoms with E-state index in [1.54, 1.807) is 0 Å². The Morgan fingerprint density at radius 1 is 1.21 bits per heavy atom. The number of aliphatic hydroxyl groups excluding tert-OH is 1. The number of carbonyl (C=O) groups is 2. The van der Waals surface area contributed by atoms with Crippen LogP contribution in [0.1, 0.15) is 24.8 Å². The molecule has 1 N–H and O–H groups in total. The molecule has 4 nitrogen and oxygen atoms in total. The molecular formula is C15H19NO3. The monoisotopic (exact) mass is 261 g/mol. The summed E-state index contributed by atoms with van der Waals surface area (Å²) in [6.45, 7) is 0.527. The number of aliphatic hydroxyl groups is 1. The minimum atomic E-state index is -0.226. The third-order valence-corrected chi connectivity index (χ3v) is 3.51. The van der Waals surface area contributed by atoms with E-state index in [0.717, 1.165) is 5.56 Å². The largest absolute Gasteiger partial charge is 0.396 e. The number of benzene rings is 1. The number of carbonyl (C=O) groups excluding carboxylic acids is 2. The average molecular weight is 261 g/mol. The minimum Gasteiger partial charge on any atom is -0.396 e. The van der Waals surface area contributed by atoms with Crippen LogP contribution in [0, 0.1) is 5.92 Å². The van der Waals surface area contributed by atoms with E-state index in [9.17, 15) is 9.59 Å². The minimum absolute atomic E-state index is 0.0714. The Morgan fingerprint density at radius 2 is 1.95 bits per heavy atom. The Labute approximate surface area is 113 Å². The molecule has 0 aromatic heterocycles. The zero-order valence-electron chi connectivity index (χ0n) is 10.9. The van der Waals surface area contributed by atoms with Crippen molar-refractivity contribution in [1.82, 2.24) is 4.90 Å². The van der Waals surface area contributed by atoms with Gasteiger partial charge in [-0.05, 0) is 24.8 Å². The molecule has 102 valence electrons. The molecule has 2 amide bonds. The second-order valence-electron chi connectivity index (χ2n) is 4.89. The van der Waals surface area contributed by atoms with Crippen LogP contribution in [0.25, 0.3) is 0 Å². The molecule has 1 saturated heterocycles. The molecule has 2 rings (SSSR count). The Bertz CT molecular complexity index is 444. The molecule has 4 heteroatoms. The van der Waals surface area contributed by atoms with E-state index in [0.29, 0.717) is 32.2 Å². The summed E-state index contributed by atoms with van der Waals surface area (Å²) in [6.07, 6.45) is 2.18. The van der Waals surface area contributed by atoms with E-state index in [2.05, 4.69) is 0 Å². The second-order valence-corrected chi connectivity index (χ2v) is 4.89. The molecule has 1 unspecified atom stereocenters. The maximum absolute atomic E-state index is 12.1. The van der Waals surface area contributed by atoms with Gasteiger partial charge in [0.1, 0.15) is 0 Å². The summed E-state index contributed by atoms with van der Waals surface area (Å²) in [6, 6.07) is 9.84. The Hall–Kier alpha value is -1.68. The molecule has 0 aliphatic carbocycles. The number of hydrogen-bond donors (Lipinski definition) is 1. The molecule has 0 spiro atoms. The van der Waals surface area contributed by atoms with Crippen LogP contribution >= 0.6 is 0 Å². The number of nitrogens with zero attached hydrogens (tertiary/aromatic N) is 1. The van der Waals surface area contributed by atoms with E-state index >= 15 is 0 Å². The highest BCUT2D eigenvalue weighted by atomic mass is 16.3. The molecular weight excluding hydrogens is 242 g/mol. The van der Waals surface area contributed by atoms with Crippen LogP contribution in [0.4, 0.5) is 0 Å². The van der Waals surface area contributed by atoms with Crippen LogP contribution < -0.4 is 0 Å². The highest BCUT2D eigenvalue weighted by molar-refractivity contribution is 6.03. The summed E-state index contributed by atoms with van der Waals surface area (Å²) in [5.74, 6) is -0.381. The van der Waals surface area contributed by atoms with Gasteiger partial charge < -0.3 is 5.11 Å². The lowest BCUT2D eigenvalue weighted by atomic mass is 10.0. The van der Waals surface area contributed by atoms with Gasteiger partial charge in [-0.15, -0.1) is 0 Å². The predicted molar refractivity (Wildman–Crippen MR) is 71.3 cm³/mol. The van der Waals surface area contributed by atoms with E-state index in [4.69, 9.17) is 5.11 Å². The smallest absolute Gasteiger partial charge is 0.232 e. The fourth-order valence-electron chi connectivity index (χ4n) is 2.44. The molecule has 1 aromatic carbocycles. The van der Waals surface area contributed by atoms with Crippen LogP contribution in [0.3, 0.4) is 0 Å². The molecule has 0 bridgehead atoms. The summed E-state index contributed by atoms with van der Waals surface area (Å²) in [7, 11) is 0. The zero-order chi connectivity index (χ0) is 13.7. The molecule has 1 heterocycles. The fourth-order valence-corrected chi connectivity index (χ4v) is 2.44. The fraction of sp³-hybridized carbons (Fsp3) is 0.467. The van der Waals surface area contributed by atoms with Crippen molar-refractivity contribution in [3.8, 4) is 0 Å². The van der Waals surface area contributed by atoms with Gasteiger partial charge in [-0.3, -0.25) is 14.5 Å². The van der Waals surface area contributed by atoms with Crippen LogP contribution in [0.15, 0.2) is 30.3 Å². The number of imide groups is 1. The predicted octanol–water partition coefficient (Wildman–Crippen LogP) is 1.38. The van der Waals surface area contributed by atoms with Gasteiger partial charge in [0.2, 0.25) is 11.8 Å². The van der Waals surface area contributed by atoms with E-state index in [-0.39, 0.29) is 24.3 Å². The topological polar surface area (TPSA) is 57.6 Å². The normalized spacial score (nSPS) is 19.2. The Balaban J connectivity index is 1.90. The summed E-state index contributed by atoms with van der Waals surface area (Å²) >= 11 is 0. The van der Waals surface area contributed by atoms with E-state index < -0.39 is 0 Å². The third-order valence-electron chi connectivity index (χ3n) is 3.51. The van der Waals surface area contributed by atoms with E-state index in [1.165, 1.54) is 4.90 Å². The molecule has 0 saturated carbocycles. The first-order chi connectivity index (χ1) is 9.22. The van der Waals surface area contributed by atoms with Crippen molar-refractivity contribution in [1.29, 1.82) is 0 Å². The quantitative estimate of drug-likeness (QED) is 0.787. The van der Waals surface area contributed by atoms with Crippen molar-refractivity contribution in [2.24, 2.45) is 5.92 Å². The van der Waals surface area contributed by atoms with Gasteiger partial charge in [0, 0.05) is 25.5 Å². The van der Waals surface area contributed by atoms with Crippen LogP contribution in [0.5, 0.6) is 0 Å². The first-order valence-electron chi connectivity index (χ1n) is 6.71. The average Bonchev–Trinajstić information content (AvgIpc) is 2.70. The first kappa shape index (κ1) is 13.7. The number of likely N-dealkylation sites (tertiary alicyclic amines) is 1. The lowest BCUT2D eigenvalue weighted by molar-refractivity contribution is -0.139. The maximum Gasteiger partial charge on any atom is 0.232 e. The Kier molecular flexibility index (Phi) is 4.68. The summed E-state index contributed by atoms with van der Waals surface area (Å²) in [4.78, 5) is 25.3. The standard InChI is InChI=1S/C15H19NO3/c17-10-4-7-13-11-14(18)16(15(13)19)9-8-12-5-2-1-3-6-12/h1-3,5-6,13,17H,4,7-11H2. The highest BCUT2D eigenvalue weighted by Gasteiger charge is 2.37. The van der Waals surface area contributed by atoms with Crippen molar-refractivity contribution < 1.29 is 14.7 Å². The van der Waals surface area contributed by atoms with Crippen molar-refractivity contribution in [2.45, 2.75) is 25.7 Å². The van der Waals surface area contributed by atoms with Gasteiger partial charge in [0.25, 0.3) is 0 Å². The number of rotatable bonds is 6. The lowest BCUT2D eigenvalue weighted by Gasteiger charge is -2.14. The lowest BCUT2D eigenvalue weighted by Crippen LogP contribution is -2.32. The molecule has 0 radical (unpaired) electrons. The highest BCUT2D eigenvalue weighted by Crippen LogP contribution is 2.24. The van der Waals surface area contributed by atoms with Gasteiger partial charge >= 0.3 is 0 Å². The van der Waals surface area contributed by atoms with Gasteiger partial charge in [-0.25, -0.2) is 0 Å². The van der Waals surface area contributed by atoms with Gasteiger partial charge in [-0.2, -0.15) is 0 Å². The third kappa shape index (κ3) is 3.41. The van der Waals surface area contributed by atoms with Crippen LogP contribution in [-0.2, 0) is 16.0 Å². The maximum atomic E-state index is 12.1. The number of amides is 2. The van der Waals surface area contributed by atoms with Crippen molar-refractivity contribution in [2.75, 3.05) is 13.2 Å².